The maximum absolute atomic E-state index is 5.64. The molecule has 0 amide bonds. The molecule has 2 nitrogen and oxygen atoms in total. The fourth-order valence-electron chi connectivity index (χ4n) is 1.48. The first-order valence-electron chi connectivity index (χ1n) is 4.14. The fourth-order valence-corrected chi connectivity index (χ4v) is 1.48. The molecule has 1 heterocycles. The largest absolute Gasteiger partial charge is 0.359 e. The molecule has 0 spiro atoms. The highest BCUT2D eigenvalue weighted by atomic mass is 16.5. The van der Waals surface area contributed by atoms with E-state index in [1.807, 2.05) is 0 Å². The number of ether oxygens (including phenoxy) is 1. The molecule has 1 fully saturated rings. The van der Waals surface area contributed by atoms with Crippen LogP contribution in [0.4, 0.5) is 0 Å². The summed E-state index contributed by atoms with van der Waals surface area (Å²) in [6.45, 7) is 7.35. The van der Waals surface area contributed by atoms with Gasteiger partial charge in [-0.15, -0.1) is 0 Å². The van der Waals surface area contributed by atoms with Crippen LogP contribution in [0, 0.1) is 0 Å². The van der Waals surface area contributed by atoms with Gasteiger partial charge < -0.3 is 4.74 Å². The van der Waals surface area contributed by atoms with E-state index in [0.29, 0.717) is 6.04 Å². The van der Waals surface area contributed by atoms with Gasteiger partial charge in [-0.25, -0.2) is 0 Å². The Morgan fingerprint density at radius 1 is 1.50 bits per heavy atom. The van der Waals surface area contributed by atoms with Crippen LogP contribution in [0.3, 0.4) is 0 Å². The van der Waals surface area contributed by atoms with Crippen LogP contribution in [0.5, 0.6) is 0 Å². The van der Waals surface area contributed by atoms with Crippen molar-refractivity contribution in [1.82, 2.24) is 5.32 Å². The van der Waals surface area contributed by atoms with Gasteiger partial charge in [-0.3, -0.25) is 5.32 Å². The van der Waals surface area contributed by atoms with E-state index in [2.05, 4.69) is 26.1 Å². The van der Waals surface area contributed by atoms with Gasteiger partial charge in [-0.2, -0.15) is 0 Å². The molecule has 0 aromatic rings. The zero-order chi connectivity index (χ0) is 7.61. The maximum atomic E-state index is 5.64. The zero-order valence-electron chi connectivity index (χ0n) is 7.11. The van der Waals surface area contributed by atoms with E-state index in [1.54, 1.807) is 0 Å². The molecule has 0 aromatic carbocycles. The molecule has 0 radical (unpaired) electrons. The zero-order valence-corrected chi connectivity index (χ0v) is 7.11. The van der Waals surface area contributed by atoms with Gasteiger partial charge in [-0.1, -0.05) is 13.8 Å². The number of hydrogen-bond acceptors (Lipinski definition) is 2. The van der Waals surface area contributed by atoms with E-state index in [1.165, 1.54) is 0 Å². The average molecular weight is 143 g/mol. The second kappa shape index (κ2) is 2.89. The number of rotatable bonds is 2. The third-order valence-corrected chi connectivity index (χ3v) is 2.26. The lowest BCUT2D eigenvalue weighted by molar-refractivity contribution is -0.0161. The summed E-state index contributed by atoms with van der Waals surface area (Å²) in [4.78, 5) is 0. The molecule has 1 aliphatic heterocycles. The van der Waals surface area contributed by atoms with Crippen LogP contribution in [0.2, 0.25) is 0 Å². The molecular weight excluding hydrogens is 126 g/mol. The predicted octanol–water partition coefficient (Wildman–Crippen LogP) is 1.51. The van der Waals surface area contributed by atoms with Crippen LogP contribution in [-0.2, 0) is 4.74 Å². The van der Waals surface area contributed by atoms with Gasteiger partial charge in [0.25, 0.3) is 0 Å². The normalized spacial score (nSPS) is 30.9. The average Bonchev–Trinajstić information content (AvgIpc) is 2.33. The third kappa shape index (κ3) is 1.32. The Morgan fingerprint density at radius 2 is 2.10 bits per heavy atom. The molecule has 1 unspecified atom stereocenters. The molecule has 0 bridgehead atoms. The second-order valence-corrected chi connectivity index (χ2v) is 3.06. The summed E-state index contributed by atoms with van der Waals surface area (Å²) in [5.74, 6) is 0. The highest BCUT2D eigenvalue weighted by Gasteiger charge is 2.34. The first-order valence-corrected chi connectivity index (χ1v) is 4.14. The van der Waals surface area contributed by atoms with Crippen LogP contribution >= 0.6 is 0 Å². The third-order valence-electron chi connectivity index (χ3n) is 2.26. The topological polar surface area (TPSA) is 21.3 Å². The predicted molar refractivity (Wildman–Crippen MR) is 41.9 cm³/mol. The summed E-state index contributed by atoms with van der Waals surface area (Å²) in [5, 5.41) is 3.44. The van der Waals surface area contributed by atoms with Gasteiger partial charge in [0.05, 0.1) is 6.61 Å². The fraction of sp³-hybridized carbons (Fsp3) is 1.00. The Balaban J connectivity index is 2.51. The van der Waals surface area contributed by atoms with Crippen molar-refractivity contribution >= 4 is 0 Å². The Morgan fingerprint density at radius 3 is 2.30 bits per heavy atom. The maximum Gasteiger partial charge on any atom is 0.119 e. The van der Waals surface area contributed by atoms with E-state index in [0.717, 1.165) is 19.4 Å². The Hall–Kier alpha value is -0.0800. The molecule has 1 N–H and O–H groups in total. The van der Waals surface area contributed by atoms with Gasteiger partial charge in [0.15, 0.2) is 0 Å². The minimum atomic E-state index is -0.000579. The molecule has 1 atom stereocenters. The molecular formula is C8H17NO. The van der Waals surface area contributed by atoms with Crippen molar-refractivity contribution in [3.63, 3.8) is 0 Å². The smallest absolute Gasteiger partial charge is 0.119 e. The molecule has 2 heteroatoms. The Kier molecular flexibility index (Phi) is 2.32. The lowest BCUT2D eigenvalue weighted by Crippen LogP contribution is -2.42. The van der Waals surface area contributed by atoms with Crippen LogP contribution in [0.15, 0.2) is 0 Å². The molecule has 1 saturated heterocycles. The van der Waals surface area contributed by atoms with Crippen molar-refractivity contribution in [2.45, 2.75) is 45.4 Å². The summed E-state index contributed by atoms with van der Waals surface area (Å²) in [5.41, 5.74) is -0.000579. The lowest BCUT2D eigenvalue weighted by atomic mass is 10.1. The van der Waals surface area contributed by atoms with Crippen LogP contribution in [-0.4, -0.2) is 18.4 Å². The van der Waals surface area contributed by atoms with E-state index in [4.69, 9.17) is 4.74 Å². The molecule has 0 aromatic heterocycles. The van der Waals surface area contributed by atoms with Gasteiger partial charge in [0.1, 0.15) is 5.72 Å². The SMILES string of the molecule is CCC1(CC)NC(C)CO1. The van der Waals surface area contributed by atoms with Crippen molar-refractivity contribution in [2.75, 3.05) is 6.61 Å². The summed E-state index contributed by atoms with van der Waals surface area (Å²) >= 11 is 0. The first kappa shape index (κ1) is 8.02. The van der Waals surface area contributed by atoms with Crippen molar-refractivity contribution in [3.8, 4) is 0 Å². The van der Waals surface area contributed by atoms with E-state index < -0.39 is 0 Å². The molecule has 1 aliphatic rings. The van der Waals surface area contributed by atoms with Crippen LogP contribution in [0.1, 0.15) is 33.6 Å². The Bertz CT molecular complexity index is 110. The first-order chi connectivity index (χ1) is 4.72. The molecule has 0 saturated carbocycles. The standard InChI is InChI=1S/C8H17NO/c1-4-8(5-2)9-7(3)6-10-8/h7,9H,4-6H2,1-3H3. The van der Waals surface area contributed by atoms with Gasteiger partial charge >= 0.3 is 0 Å². The van der Waals surface area contributed by atoms with Crippen LogP contribution in [0.25, 0.3) is 0 Å². The van der Waals surface area contributed by atoms with Gasteiger partial charge in [0, 0.05) is 6.04 Å². The highest BCUT2D eigenvalue weighted by molar-refractivity contribution is 4.84. The molecule has 0 aliphatic carbocycles. The molecule has 10 heavy (non-hydrogen) atoms. The van der Waals surface area contributed by atoms with Crippen molar-refractivity contribution in [1.29, 1.82) is 0 Å². The van der Waals surface area contributed by atoms with Crippen molar-refractivity contribution < 1.29 is 4.74 Å². The van der Waals surface area contributed by atoms with Crippen molar-refractivity contribution in [2.24, 2.45) is 0 Å². The van der Waals surface area contributed by atoms with E-state index >= 15 is 0 Å². The number of nitrogens with one attached hydrogen (secondary N) is 1. The molecule has 60 valence electrons. The Labute approximate surface area is 63.0 Å². The summed E-state index contributed by atoms with van der Waals surface area (Å²) in [7, 11) is 0. The summed E-state index contributed by atoms with van der Waals surface area (Å²) < 4.78 is 5.64. The second-order valence-electron chi connectivity index (χ2n) is 3.06. The lowest BCUT2D eigenvalue weighted by Gasteiger charge is -2.25. The molecule has 1 rings (SSSR count). The van der Waals surface area contributed by atoms with Crippen molar-refractivity contribution in [3.05, 3.63) is 0 Å². The minimum absolute atomic E-state index is 0.000579. The summed E-state index contributed by atoms with van der Waals surface area (Å²) in [6, 6.07) is 0.528. The van der Waals surface area contributed by atoms with Crippen LogP contribution < -0.4 is 5.32 Å². The quantitative estimate of drug-likeness (QED) is 0.632. The summed E-state index contributed by atoms with van der Waals surface area (Å²) in [6.07, 6.45) is 2.13. The highest BCUT2D eigenvalue weighted by Crippen LogP contribution is 2.22. The van der Waals surface area contributed by atoms with Gasteiger partial charge in [0.2, 0.25) is 0 Å². The van der Waals surface area contributed by atoms with E-state index in [-0.39, 0.29) is 5.72 Å². The monoisotopic (exact) mass is 143 g/mol. The van der Waals surface area contributed by atoms with E-state index in [9.17, 15) is 0 Å². The number of hydrogen-bond donors (Lipinski definition) is 1. The minimum Gasteiger partial charge on any atom is -0.359 e. The van der Waals surface area contributed by atoms with Gasteiger partial charge in [-0.05, 0) is 19.8 Å².